The Kier molecular flexibility index (Phi) is 11.0. The number of carbonyl (C=O) groups excluding carboxylic acids is 1. The molecule has 96 valence electrons. The molecule has 0 rings (SSSR count). The van der Waals surface area contributed by atoms with E-state index in [0.717, 1.165) is 12.8 Å². The first-order chi connectivity index (χ1) is 7.70. The van der Waals surface area contributed by atoms with E-state index < -0.39 is 6.10 Å². The molecule has 0 bridgehead atoms. The van der Waals surface area contributed by atoms with E-state index in [-0.39, 0.29) is 18.3 Å². The van der Waals surface area contributed by atoms with E-state index in [2.05, 4.69) is 6.92 Å². The van der Waals surface area contributed by atoms with Crippen LogP contribution in [0.5, 0.6) is 0 Å². The average molecular weight is 251 g/mol. The Morgan fingerprint density at radius 2 is 1.88 bits per heavy atom. The third kappa shape index (κ3) is 10.2. The van der Waals surface area contributed by atoms with Crippen LogP contribution in [-0.4, -0.2) is 29.7 Å². The van der Waals surface area contributed by atoms with Gasteiger partial charge in [0, 0.05) is 5.88 Å². The second kappa shape index (κ2) is 11.2. The topological polar surface area (TPSA) is 46.5 Å². The van der Waals surface area contributed by atoms with Crippen LogP contribution in [0.3, 0.4) is 0 Å². The predicted octanol–water partition coefficient (Wildman–Crippen LogP) is 2.88. The molecule has 0 aliphatic heterocycles. The lowest BCUT2D eigenvalue weighted by molar-refractivity contribution is -0.145. The van der Waals surface area contributed by atoms with Gasteiger partial charge in [0.15, 0.2) is 0 Å². The molecule has 0 heterocycles. The van der Waals surface area contributed by atoms with E-state index in [1.165, 1.54) is 25.7 Å². The molecule has 4 heteroatoms. The van der Waals surface area contributed by atoms with Gasteiger partial charge in [0.1, 0.15) is 0 Å². The summed E-state index contributed by atoms with van der Waals surface area (Å²) < 4.78 is 4.96. The van der Waals surface area contributed by atoms with Gasteiger partial charge in [-0.25, -0.2) is 0 Å². The number of rotatable bonds is 10. The maximum absolute atomic E-state index is 11.1. The molecule has 0 aliphatic rings. The van der Waals surface area contributed by atoms with Crippen molar-refractivity contribution < 1.29 is 14.6 Å². The van der Waals surface area contributed by atoms with E-state index >= 15 is 0 Å². The normalized spacial score (nSPS) is 12.4. The first-order valence-corrected chi connectivity index (χ1v) is 6.63. The zero-order valence-corrected chi connectivity index (χ0v) is 10.8. The number of ether oxygens (including phenoxy) is 1. The van der Waals surface area contributed by atoms with Crippen LogP contribution in [0.2, 0.25) is 0 Å². The van der Waals surface area contributed by atoms with Crippen molar-refractivity contribution in [3.05, 3.63) is 0 Å². The summed E-state index contributed by atoms with van der Waals surface area (Å²) in [6.07, 6.45) is 6.22. The lowest BCUT2D eigenvalue weighted by Crippen LogP contribution is -2.17. The van der Waals surface area contributed by atoms with Crippen LogP contribution < -0.4 is 0 Å². The second-order valence-electron chi connectivity index (χ2n) is 4.00. The van der Waals surface area contributed by atoms with Crippen LogP contribution >= 0.6 is 11.6 Å². The van der Waals surface area contributed by atoms with Gasteiger partial charge in [-0.1, -0.05) is 39.0 Å². The summed E-state index contributed by atoms with van der Waals surface area (Å²) in [5.74, 6) is -0.284. The van der Waals surface area contributed by atoms with E-state index in [1.54, 1.807) is 0 Å². The van der Waals surface area contributed by atoms with Crippen LogP contribution in [0.1, 0.15) is 51.9 Å². The summed E-state index contributed by atoms with van der Waals surface area (Å²) in [6, 6.07) is 0. The summed E-state index contributed by atoms with van der Waals surface area (Å²) >= 11 is 5.37. The standard InChI is InChI=1S/C12H23ClO3/c1-2-3-4-5-6-7-8-16-12(15)9-11(14)10-13/h11,14H,2-10H2,1H3/t11-/m0/s1. The Balaban J connectivity index is 3.21. The molecule has 0 aromatic rings. The predicted molar refractivity (Wildman–Crippen MR) is 65.7 cm³/mol. The maximum Gasteiger partial charge on any atom is 0.308 e. The first-order valence-electron chi connectivity index (χ1n) is 6.10. The lowest BCUT2D eigenvalue weighted by Gasteiger charge is -2.07. The zero-order valence-electron chi connectivity index (χ0n) is 10.1. The Labute approximate surface area is 103 Å². The van der Waals surface area contributed by atoms with E-state index in [9.17, 15) is 4.79 Å². The third-order valence-electron chi connectivity index (χ3n) is 2.34. The number of carbonyl (C=O) groups is 1. The fraction of sp³-hybridized carbons (Fsp3) is 0.917. The minimum atomic E-state index is -0.779. The molecule has 1 atom stereocenters. The fourth-order valence-corrected chi connectivity index (χ4v) is 1.48. The molecule has 3 nitrogen and oxygen atoms in total. The number of aliphatic hydroxyl groups is 1. The molecule has 0 fully saturated rings. The van der Waals surface area contributed by atoms with Crippen LogP contribution in [-0.2, 0) is 9.53 Å². The van der Waals surface area contributed by atoms with Crippen LogP contribution in [0.25, 0.3) is 0 Å². The largest absolute Gasteiger partial charge is 0.466 e. The van der Waals surface area contributed by atoms with E-state index in [0.29, 0.717) is 6.61 Å². The molecule has 0 saturated carbocycles. The summed E-state index contributed by atoms with van der Waals surface area (Å²) in [6.45, 7) is 2.64. The van der Waals surface area contributed by atoms with E-state index in [1.807, 2.05) is 0 Å². The van der Waals surface area contributed by atoms with Gasteiger partial charge in [0.2, 0.25) is 0 Å². The Morgan fingerprint density at radius 3 is 2.50 bits per heavy atom. The van der Waals surface area contributed by atoms with Gasteiger partial charge in [0.25, 0.3) is 0 Å². The van der Waals surface area contributed by atoms with Crippen LogP contribution in [0.4, 0.5) is 0 Å². The highest BCUT2D eigenvalue weighted by molar-refractivity contribution is 6.18. The highest BCUT2D eigenvalue weighted by Crippen LogP contribution is 2.05. The molecule has 0 aromatic heterocycles. The Morgan fingerprint density at radius 1 is 1.25 bits per heavy atom. The zero-order chi connectivity index (χ0) is 12.2. The number of unbranched alkanes of at least 4 members (excludes halogenated alkanes) is 5. The van der Waals surface area contributed by atoms with Crippen LogP contribution in [0.15, 0.2) is 0 Å². The van der Waals surface area contributed by atoms with E-state index in [4.69, 9.17) is 21.4 Å². The van der Waals surface area contributed by atoms with Crippen molar-refractivity contribution in [1.82, 2.24) is 0 Å². The van der Waals surface area contributed by atoms with Gasteiger partial charge in [-0.15, -0.1) is 11.6 Å². The molecule has 0 aromatic carbocycles. The molecule has 16 heavy (non-hydrogen) atoms. The van der Waals surface area contributed by atoms with Gasteiger partial charge in [-0.2, -0.15) is 0 Å². The second-order valence-corrected chi connectivity index (χ2v) is 4.31. The number of halogens is 1. The summed E-state index contributed by atoms with van der Waals surface area (Å²) in [7, 11) is 0. The van der Waals surface area contributed by atoms with Crippen molar-refractivity contribution in [1.29, 1.82) is 0 Å². The highest BCUT2D eigenvalue weighted by Gasteiger charge is 2.10. The van der Waals surface area contributed by atoms with Crippen molar-refractivity contribution in [2.24, 2.45) is 0 Å². The molecule has 0 saturated heterocycles. The molecule has 0 spiro atoms. The van der Waals surface area contributed by atoms with Crippen molar-refractivity contribution in [2.45, 2.75) is 58.0 Å². The Hall–Kier alpha value is -0.280. The van der Waals surface area contributed by atoms with Gasteiger partial charge in [-0.05, 0) is 6.42 Å². The quantitative estimate of drug-likeness (QED) is 0.368. The summed E-state index contributed by atoms with van der Waals surface area (Å²) in [5.41, 5.74) is 0. The maximum atomic E-state index is 11.1. The summed E-state index contributed by atoms with van der Waals surface area (Å²) in [4.78, 5) is 11.1. The van der Waals surface area contributed by atoms with Crippen molar-refractivity contribution >= 4 is 17.6 Å². The first kappa shape index (κ1) is 15.7. The molecule has 0 radical (unpaired) electrons. The van der Waals surface area contributed by atoms with Crippen molar-refractivity contribution in [2.75, 3.05) is 12.5 Å². The van der Waals surface area contributed by atoms with Gasteiger partial charge in [-0.3, -0.25) is 4.79 Å². The number of hydrogen-bond acceptors (Lipinski definition) is 3. The van der Waals surface area contributed by atoms with Gasteiger partial charge in [0.05, 0.1) is 19.1 Å². The minimum absolute atomic E-state index is 0.000660. The molecular formula is C12H23ClO3. The van der Waals surface area contributed by atoms with Gasteiger partial charge < -0.3 is 9.84 Å². The lowest BCUT2D eigenvalue weighted by atomic mass is 10.1. The molecule has 0 aliphatic carbocycles. The minimum Gasteiger partial charge on any atom is -0.466 e. The molecule has 1 N–H and O–H groups in total. The number of hydrogen-bond donors (Lipinski definition) is 1. The summed E-state index contributed by atoms with van der Waals surface area (Å²) in [5, 5.41) is 9.10. The molecule has 0 amide bonds. The SMILES string of the molecule is CCCCCCCCOC(=O)C[C@H](O)CCl. The van der Waals surface area contributed by atoms with Gasteiger partial charge >= 0.3 is 5.97 Å². The van der Waals surface area contributed by atoms with Crippen molar-refractivity contribution in [3.63, 3.8) is 0 Å². The highest BCUT2D eigenvalue weighted by atomic mass is 35.5. The molecular weight excluding hydrogens is 228 g/mol. The average Bonchev–Trinajstić information content (AvgIpc) is 2.27. The monoisotopic (exact) mass is 250 g/mol. The van der Waals surface area contributed by atoms with Crippen LogP contribution in [0, 0.1) is 0 Å². The molecule has 0 unspecified atom stereocenters. The number of alkyl halides is 1. The number of aliphatic hydroxyl groups excluding tert-OH is 1. The Bertz CT molecular complexity index is 174. The smallest absolute Gasteiger partial charge is 0.308 e. The third-order valence-corrected chi connectivity index (χ3v) is 2.70. The number of esters is 1. The fourth-order valence-electron chi connectivity index (χ4n) is 1.37. The van der Waals surface area contributed by atoms with Crippen molar-refractivity contribution in [3.8, 4) is 0 Å².